The lowest BCUT2D eigenvalue weighted by Crippen LogP contribution is -2.23. The fraction of sp³-hybridized carbons (Fsp3) is 0.143. The minimum atomic E-state index is -0.250. The van der Waals surface area contributed by atoms with E-state index in [1.165, 1.54) is 0 Å². The van der Waals surface area contributed by atoms with Gasteiger partial charge in [-0.1, -0.05) is 6.08 Å². The number of hydrogen-bond donors (Lipinski definition) is 1. The monoisotopic (exact) mass is 167 g/mol. The van der Waals surface area contributed by atoms with Gasteiger partial charge in [-0.15, -0.1) is 6.58 Å². The van der Waals surface area contributed by atoms with E-state index in [2.05, 4.69) is 11.9 Å². The van der Waals surface area contributed by atoms with Crippen molar-refractivity contribution in [2.24, 2.45) is 0 Å². The van der Waals surface area contributed by atoms with Gasteiger partial charge in [0.25, 0.3) is 5.91 Å². The van der Waals surface area contributed by atoms with Gasteiger partial charge in [0, 0.05) is 21.0 Å². The van der Waals surface area contributed by atoms with Crippen molar-refractivity contribution in [2.75, 3.05) is 0 Å². The summed E-state index contributed by atoms with van der Waals surface area (Å²) in [5, 5.41) is 2.88. The van der Waals surface area contributed by atoms with Crippen LogP contribution in [-0.4, -0.2) is 22.1 Å². The van der Waals surface area contributed by atoms with Crippen LogP contribution in [0.2, 0.25) is 0 Å². The first kappa shape index (κ1) is 7.94. The standard InChI is InChI=1S/C7H9NO2Si/c1-2-3-4-5(11)7(10)8-6(4)9/h2H,1,3H2,11H3,(H,8,9,10). The third kappa shape index (κ3) is 1.30. The summed E-state index contributed by atoms with van der Waals surface area (Å²) < 4.78 is 0. The number of nitrogens with one attached hydrogen (secondary N) is 1. The quantitative estimate of drug-likeness (QED) is 0.320. The molecule has 1 heterocycles. The molecule has 0 saturated heterocycles. The van der Waals surface area contributed by atoms with Gasteiger partial charge in [-0.2, -0.15) is 0 Å². The lowest BCUT2D eigenvalue weighted by atomic mass is 10.2. The summed E-state index contributed by atoms with van der Waals surface area (Å²) in [5.74, 6) is -0.474. The van der Waals surface area contributed by atoms with Crippen LogP contribution >= 0.6 is 0 Å². The van der Waals surface area contributed by atoms with Crippen LogP contribution in [0.3, 0.4) is 0 Å². The van der Waals surface area contributed by atoms with E-state index >= 15 is 0 Å². The van der Waals surface area contributed by atoms with Crippen molar-refractivity contribution in [3.63, 3.8) is 0 Å². The third-order valence-electron chi connectivity index (χ3n) is 1.64. The lowest BCUT2D eigenvalue weighted by Gasteiger charge is -1.92. The zero-order valence-electron chi connectivity index (χ0n) is 6.31. The molecule has 1 aliphatic rings. The minimum Gasteiger partial charge on any atom is -0.289 e. The summed E-state index contributed by atoms with van der Waals surface area (Å²) in [6.07, 6.45) is 2.13. The van der Waals surface area contributed by atoms with E-state index < -0.39 is 0 Å². The van der Waals surface area contributed by atoms with Crippen molar-refractivity contribution in [1.29, 1.82) is 0 Å². The van der Waals surface area contributed by atoms with Crippen molar-refractivity contribution in [2.45, 2.75) is 6.42 Å². The molecule has 2 amide bonds. The van der Waals surface area contributed by atoms with Crippen molar-refractivity contribution in [3.8, 4) is 0 Å². The highest BCUT2D eigenvalue weighted by Crippen LogP contribution is 2.12. The summed E-state index contributed by atoms with van der Waals surface area (Å²) in [6, 6.07) is 0. The van der Waals surface area contributed by atoms with Gasteiger partial charge in [0.05, 0.1) is 0 Å². The number of imide groups is 1. The van der Waals surface area contributed by atoms with E-state index in [1.807, 2.05) is 0 Å². The molecule has 1 aliphatic heterocycles. The Hall–Kier alpha value is -1.16. The maximum Gasteiger partial charge on any atom is 0.254 e. The fourth-order valence-corrected chi connectivity index (χ4v) is 1.53. The van der Waals surface area contributed by atoms with Crippen LogP contribution in [0.4, 0.5) is 0 Å². The van der Waals surface area contributed by atoms with Crippen molar-refractivity contribution < 1.29 is 9.59 Å². The average molecular weight is 167 g/mol. The highest BCUT2D eigenvalue weighted by Gasteiger charge is 2.24. The molecule has 0 aromatic rings. The predicted molar refractivity (Wildman–Crippen MR) is 44.9 cm³/mol. The van der Waals surface area contributed by atoms with Gasteiger partial charge < -0.3 is 0 Å². The molecule has 58 valence electrons. The van der Waals surface area contributed by atoms with E-state index in [9.17, 15) is 9.59 Å². The Kier molecular flexibility index (Phi) is 2.05. The Labute approximate surface area is 67.6 Å². The Morgan fingerprint density at radius 1 is 1.45 bits per heavy atom. The SMILES string of the molecule is C=CCC1=C([SiH3])C(=O)NC1=O. The minimum absolute atomic E-state index is 0.224. The molecule has 0 spiro atoms. The molecule has 1 rings (SSSR count). The molecule has 11 heavy (non-hydrogen) atoms. The maximum atomic E-state index is 11.0. The van der Waals surface area contributed by atoms with Crippen LogP contribution in [0.25, 0.3) is 0 Å². The number of carbonyl (C=O) groups excluding carboxylic acids is 2. The van der Waals surface area contributed by atoms with Crippen LogP contribution in [0.15, 0.2) is 23.4 Å². The van der Waals surface area contributed by atoms with E-state index in [0.29, 0.717) is 27.4 Å². The van der Waals surface area contributed by atoms with E-state index in [-0.39, 0.29) is 11.8 Å². The highest BCUT2D eigenvalue weighted by molar-refractivity contribution is 6.43. The molecular formula is C7H9NO2Si. The van der Waals surface area contributed by atoms with Gasteiger partial charge in [-0.25, -0.2) is 0 Å². The van der Waals surface area contributed by atoms with Crippen LogP contribution in [-0.2, 0) is 9.59 Å². The third-order valence-corrected chi connectivity index (χ3v) is 2.70. The van der Waals surface area contributed by atoms with E-state index in [4.69, 9.17) is 0 Å². The molecule has 3 nitrogen and oxygen atoms in total. The van der Waals surface area contributed by atoms with Gasteiger partial charge in [0.1, 0.15) is 0 Å². The molecule has 0 atom stereocenters. The molecule has 0 aromatic carbocycles. The molecular weight excluding hydrogens is 158 g/mol. The van der Waals surface area contributed by atoms with Crippen molar-refractivity contribution in [3.05, 3.63) is 23.4 Å². The Morgan fingerprint density at radius 2 is 2.09 bits per heavy atom. The normalized spacial score (nSPS) is 17.5. The van der Waals surface area contributed by atoms with Crippen LogP contribution in [0.5, 0.6) is 0 Å². The first-order chi connectivity index (χ1) is 5.16. The second-order valence-electron chi connectivity index (χ2n) is 2.38. The second-order valence-corrected chi connectivity index (χ2v) is 3.38. The largest absolute Gasteiger partial charge is 0.289 e. The van der Waals surface area contributed by atoms with Crippen LogP contribution in [0, 0.1) is 0 Å². The number of amides is 2. The molecule has 0 bridgehead atoms. The van der Waals surface area contributed by atoms with E-state index in [0.717, 1.165) is 0 Å². The Bertz CT molecular complexity index is 268. The number of carbonyl (C=O) groups is 2. The number of allylic oxidation sites excluding steroid dienone is 1. The Balaban J connectivity index is 2.96. The zero-order chi connectivity index (χ0) is 8.43. The summed E-state index contributed by atoms with van der Waals surface area (Å²) >= 11 is 0. The Morgan fingerprint density at radius 3 is 2.45 bits per heavy atom. The van der Waals surface area contributed by atoms with Gasteiger partial charge in [-0.05, 0) is 6.42 Å². The first-order valence-corrected chi connectivity index (χ1v) is 4.33. The molecule has 0 radical (unpaired) electrons. The van der Waals surface area contributed by atoms with Crippen LogP contribution < -0.4 is 5.32 Å². The molecule has 0 aromatic heterocycles. The van der Waals surface area contributed by atoms with Crippen molar-refractivity contribution >= 4 is 22.1 Å². The zero-order valence-corrected chi connectivity index (χ0v) is 8.31. The first-order valence-electron chi connectivity index (χ1n) is 3.33. The maximum absolute atomic E-state index is 11.0. The predicted octanol–water partition coefficient (Wildman–Crippen LogP) is -1.16. The van der Waals surface area contributed by atoms with Crippen LogP contribution in [0.1, 0.15) is 6.42 Å². The molecule has 1 N–H and O–H groups in total. The molecule has 0 saturated carbocycles. The van der Waals surface area contributed by atoms with Gasteiger partial charge in [0.15, 0.2) is 0 Å². The molecule has 4 heteroatoms. The molecule has 0 unspecified atom stereocenters. The van der Waals surface area contributed by atoms with Crippen molar-refractivity contribution in [1.82, 2.24) is 5.32 Å². The topological polar surface area (TPSA) is 46.2 Å². The summed E-state index contributed by atoms with van der Waals surface area (Å²) in [4.78, 5) is 21.9. The number of hydrogen-bond acceptors (Lipinski definition) is 2. The van der Waals surface area contributed by atoms with E-state index in [1.54, 1.807) is 6.08 Å². The van der Waals surface area contributed by atoms with Gasteiger partial charge in [-0.3, -0.25) is 14.9 Å². The second kappa shape index (κ2) is 2.83. The summed E-state index contributed by atoms with van der Waals surface area (Å²) in [6.45, 7) is 3.51. The van der Waals surface area contributed by atoms with Gasteiger partial charge >= 0.3 is 0 Å². The van der Waals surface area contributed by atoms with Gasteiger partial charge in [0.2, 0.25) is 5.91 Å². The fourth-order valence-electron chi connectivity index (χ4n) is 0.970. The summed E-state index contributed by atoms with van der Waals surface area (Å²) in [7, 11) is 0.621. The lowest BCUT2D eigenvalue weighted by molar-refractivity contribution is -0.124. The summed E-state index contributed by atoms with van der Waals surface area (Å²) in [5.41, 5.74) is 0.594. The molecule has 0 fully saturated rings. The molecule has 0 aliphatic carbocycles. The number of rotatable bonds is 2. The highest BCUT2D eigenvalue weighted by atomic mass is 28.1. The smallest absolute Gasteiger partial charge is 0.254 e. The average Bonchev–Trinajstić information content (AvgIpc) is 2.17.